The molecule has 0 saturated carbocycles. The molecule has 1 aliphatic heterocycles. The number of benzene rings is 2. The number of nitrogens with zero attached hydrogens (tertiary/aromatic N) is 3. The molecule has 4 rings (SSSR count). The molecule has 3 aromatic rings. The first-order valence-electron chi connectivity index (χ1n) is 9.65. The van der Waals surface area contributed by atoms with Gasteiger partial charge in [0.15, 0.2) is 5.82 Å². The molecule has 0 unspecified atom stereocenters. The van der Waals surface area contributed by atoms with Crippen molar-refractivity contribution in [3.63, 3.8) is 0 Å². The van der Waals surface area contributed by atoms with Crippen LogP contribution in [0.25, 0.3) is 0 Å². The van der Waals surface area contributed by atoms with Gasteiger partial charge in [0.05, 0.1) is 10.4 Å². The third kappa shape index (κ3) is 4.76. The second-order valence-electron chi connectivity index (χ2n) is 7.00. The normalized spacial score (nSPS) is 16.2. The van der Waals surface area contributed by atoms with Crippen molar-refractivity contribution >= 4 is 33.3 Å². The third-order valence-electron chi connectivity index (χ3n) is 4.88. The number of ether oxygens (including phenoxy) is 1. The van der Waals surface area contributed by atoms with E-state index in [1.807, 2.05) is 35.2 Å². The smallest absolute Gasteiger partial charge is 0.263 e. The lowest BCUT2D eigenvalue weighted by Gasteiger charge is -2.33. The van der Waals surface area contributed by atoms with Crippen LogP contribution in [0.3, 0.4) is 0 Å². The van der Waals surface area contributed by atoms with Crippen LogP contribution in [0, 0.1) is 11.7 Å². The molecule has 2 aromatic carbocycles. The molecular formula is C22H20BrFN4O2. The van der Waals surface area contributed by atoms with Crippen LogP contribution in [0.15, 0.2) is 65.4 Å². The molecule has 2 heterocycles. The topological polar surface area (TPSA) is 67.4 Å². The Balaban J connectivity index is 1.47. The molecule has 0 radical (unpaired) electrons. The number of amides is 1. The van der Waals surface area contributed by atoms with Gasteiger partial charge >= 0.3 is 0 Å². The number of carbonyl (C=O) groups excluding carboxylic acids is 1. The van der Waals surface area contributed by atoms with Gasteiger partial charge in [-0.1, -0.05) is 18.2 Å². The van der Waals surface area contributed by atoms with Crippen molar-refractivity contribution in [2.45, 2.75) is 12.8 Å². The minimum absolute atomic E-state index is 0.143. The van der Waals surface area contributed by atoms with E-state index in [2.05, 4.69) is 31.2 Å². The van der Waals surface area contributed by atoms with Crippen molar-refractivity contribution in [1.82, 2.24) is 9.97 Å². The minimum atomic E-state index is -0.416. The van der Waals surface area contributed by atoms with E-state index in [9.17, 15) is 9.18 Å². The maximum absolute atomic E-state index is 13.7. The molecule has 1 saturated heterocycles. The number of piperidine rings is 1. The number of anilines is 2. The lowest BCUT2D eigenvalue weighted by molar-refractivity contribution is -0.120. The summed E-state index contributed by atoms with van der Waals surface area (Å²) < 4.78 is 20.0. The van der Waals surface area contributed by atoms with Gasteiger partial charge < -0.3 is 15.0 Å². The van der Waals surface area contributed by atoms with Crippen LogP contribution >= 0.6 is 15.9 Å². The number of hydrogen-bond acceptors (Lipinski definition) is 5. The molecule has 1 atom stereocenters. The monoisotopic (exact) mass is 470 g/mol. The molecule has 6 nitrogen and oxygen atoms in total. The second-order valence-corrected chi connectivity index (χ2v) is 7.86. The van der Waals surface area contributed by atoms with Crippen LogP contribution < -0.4 is 15.0 Å². The van der Waals surface area contributed by atoms with Crippen molar-refractivity contribution in [2.24, 2.45) is 5.92 Å². The Morgan fingerprint density at radius 1 is 1.17 bits per heavy atom. The first-order chi connectivity index (χ1) is 14.6. The zero-order valence-electron chi connectivity index (χ0n) is 16.1. The molecular weight excluding hydrogens is 451 g/mol. The van der Waals surface area contributed by atoms with E-state index in [0.29, 0.717) is 34.2 Å². The number of para-hydroxylation sites is 1. The Morgan fingerprint density at radius 3 is 2.77 bits per heavy atom. The van der Waals surface area contributed by atoms with Crippen molar-refractivity contribution in [2.75, 3.05) is 23.3 Å². The Hall–Kier alpha value is -3.00. The van der Waals surface area contributed by atoms with E-state index in [0.717, 1.165) is 19.4 Å². The fourth-order valence-electron chi connectivity index (χ4n) is 3.41. The quantitative estimate of drug-likeness (QED) is 0.566. The molecule has 30 heavy (non-hydrogen) atoms. The fraction of sp³-hybridized carbons (Fsp3) is 0.227. The van der Waals surface area contributed by atoms with Gasteiger partial charge in [0.2, 0.25) is 5.91 Å². The lowest BCUT2D eigenvalue weighted by Crippen LogP contribution is -2.41. The maximum atomic E-state index is 13.7. The summed E-state index contributed by atoms with van der Waals surface area (Å²) in [5, 5.41) is 2.81. The lowest BCUT2D eigenvalue weighted by atomic mass is 9.97. The number of aromatic nitrogens is 2. The van der Waals surface area contributed by atoms with Crippen LogP contribution in [-0.4, -0.2) is 29.0 Å². The highest BCUT2D eigenvalue weighted by Crippen LogP contribution is 2.31. The van der Waals surface area contributed by atoms with Gasteiger partial charge in [0, 0.05) is 31.2 Å². The first kappa shape index (κ1) is 20.3. The largest absolute Gasteiger partial charge is 0.436 e. The average molecular weight is 471 g/mol. The Bertz CT molecular complexity index is 1030. The third-order valence-corrected chi connectivity index (χ3v) is 5.53. The predicted molar refractivity (Wildman–Crippen MR) is 116 cm³/mol. The van der Waals surface area contributed by atoms with Crippen molar-refractivity contribution < 1.29 is 13.9 Å². The van der Waals surface area contributed by atoms with Gasteiger partial charge in [-0.25, -0.2) is 14.4 Å². The number of carbonyl (C=O) groups is 1. The van der Waals surface area contributed by atoms with Crippen molar-refractivity contribution in [3.05, 3.63) is 71.2 Å². The molecule has 1 N–H and O–H groups in total. The van der Waals surface area contributed by atoms with E-state index < -0.39 is 5.82 Å². The zero-order chi connectivity index (χ0) is 20.9. The minimum Gasteiger partial charge on any atom is -0.436 e. The molecule has 0 aliphatic carbocycles. The highest BCUT2D eigenvalue weighted by Gasteiger charge is 2.28. The number of rotatable bonds is 5. The summed E-state index contributed by atoms with van der Waals surface area (Å²) in [4.78, 5) is 23.6. The standard InChI is InChI=1S/C22H20BrFN4O2/c23-18-9-8-16(13-19(18)24)27-21(29)15-5-4-12-28(14-15)20-22(26-11-10-25-20)30-17-6-2-1-3-7-17/h1-3,6-11,13,15H,4-5,12,14H2,(H,27,29)/t15-/m0/s1. The molecule has 8 heteroatoms. The van der Waals surface area contributed by atoms with Gasteiger partial charge in [-0.15, -0.1) is 0 Å². The molecule has 0 spiro atoms. The first-order valence-corrected chi connectivity index (χ1v) is 10.4. The van der Waals surface area contributed by atoms with Gasteiger partial charge in [-0.2, -0.15) is 0 Å². The highest BCUT2D eigenvalue weighted by atomic mass is 79.9. The van der Waals surface area contributed by atoms with Crippen molar-refractivity contribution in [1.29, 1.82) is 0 Å². The maximum Gasteiger partial charge on any atom is 0.263 e. The van der Waals surface area contributed by atoms with Gasteiger partial charge in [0.25, 0.3) is 5.88 Å². The molecule has 0 bridgehead atoms. The van der Waals surface area contributed by atoms with Crippen LogP contribution in [-0.2, 0) is 4.79 Å². The van der Waals surface area contributed by atoms with E-state index in [1.165, 1.54) is 6.07 Å². The average Bonchev–Trinajstić information content (AvgIpc) is 2.77. The highest BCUT2D eigenvalue weighted by molar-refractivity contribution is 9.10. The zero-order valence-corrected chi connectivity index (χ0v) is 17.7. The van der Waals surface area contributed by atoms with Crippen LogP contribution in [0.2, 0.25) is 0 Å². The van der Waals surface area contributed by atoms with Gasteiger partial charge in [0.1, 0.15) is 11.6 Å². The molecule has 154 valence electrons. The number of nitrogens with one attached hydrogen (secondary N) is 1. The van der Waals surface area contributed by atoms with Gasteiger partial charge in [-0.05, 0) is 59.1 Å². The van der Waals surface area contributed by atoms with E-state index in [1.54, 1.807) is 24.5 Å². The van der Waals surface area contributed by atoms with Crippen LogP contribution in [0.4, 0.5) is 15.9 Å². The molecule has 1 fully saturated rings. The Morgan fingerprint density at radius 2 is 1.97 bits per heavy atom. The Labute approximate surface area is 182 Å². The number of hydrogen-bond donors (Lipinski definition) is 1. The van der Waals surface area contributed by atoms with E-state index in [-0.39, 0.29) is 11.8 Å². The molecule has 1 amide bonds. The van der Waals surface area contributed by atoms with Crippen LogP contribution in [0.5, 0.6) is 11.6 Å². The number of halogens is 2. The summed E-state index contributed by atoms with van der Waals surface area (Å²) in [6.07, 6.45) is 4.77. The molecule has 1 aromatic heterocycles. The van der Waals surface area contributed by atoms with Crippen molar-refractivity contribution in [3.8, 4) is 11.6 Å². The van der Waals surface area contributed by atoms with E-state index >= 15 is 0 Å². The summed E-state index contributed by atoms with van der Waals surface area (Å²) in [6.45, 7) is 1.23. The van der Waals surface area contributed by atoms with E-state index in [4.69, 9.17) is 4.74 Å². The summed E-state index contributed by atoms with van der Waals surface area (Å²) in [7, 11) is 0. The van der Waals surface area contributed by atoms with Crippen LogP contribution in [0.1, 0.15) is 12.8 Å². The molecule has 1 aliphatic rings. The summed E-state index contributed by atoms with van der Waals surface area (Å²) in [5.74, 6) is 0.865. The summed E-state index contributed by atoms with van der Waals surface area (Å²) in [6, 6.07) is 13.9. The Kier molecular flexibility index (Phi) is 6.23. The predicted octanol–water partition coefficient (Wildman–Crippen LogP) is 5.03. The SMILES string of the molecule is O=C(Nc1ccc(Br)c(F)c1)[C@H]1CCCN(c2nccnc2Oc2ccccc2)C1. The second kappa shape index (κ2) is 9.21. The summed E-state index contributed by atoms with van der Waals surface area (Å²) in [5.41, 5.74) is 0.436. The fourth-order valence-corrected chi connectivity index (χ4v) is 3.66. The summed E-state index contributed by atoms with van der Waals surface area (Å²) >= 11 is 3.12. The van der Waals surface area contributed by atoms with Gasteiger partial charge in [-0.3, -0.25) is 4.79 Å².